The zero-order valence-corrected chi connectivity index (χ0v) is 18.2. The summed E-state index contributed by atoms with van der Waals surface area (Å²) in [6, 6.07) is 0. The molecule has 1 aliphatic heterocycles. The number of carbonyl (C=O) groups excluding carboxylic acids is 1. The van der Waals surface area contributed by atoms with E-state index in [1.165, 1.54) is 6.42 Å². The molecule has 0 unspecified atom stereocenters. The second-order valence-corrected chi connectivity index (χ2v) is 7.04. The summed E-state index contributed by atoms with van der Waals surface area (Å²) in [7, 11) is 0. The van der Waals surface area contributed by atoms with Crippen molar-refractivity contribution in [3.63, 3.8) is 0 Å². The van der Waals surface area contributed by atoms with E-state index >= 15 is 0 Å². The van der Waals surface area contributed by atoms with E-state index in [0.29, 0.717) is 18.4 Å². The Hall–Kier alpha value is -0.530. The maximum absolute atomic E-state index is 11.2. The van der Waals surface area contributed by atoms with E-state index in [1.54, 1.807) is 0 Å². The third-order valence-electron chi connectivity index (χ3n) is 4.17. The number of esters is 1. The second-order valence-electron chi connectivity index (χ2n) is 7.04. The van der Waals surface area contributed by atoms with Gasteiger partial charge in [0.1, 0.15) is 0 Å². The Labute approximate surface area is 165 Å². The smallest absolute Gasteiger partial charge is 0.305 e. The molecular formula is C18H36IN3O2. The van der Waals surface area contributed by atoms with Crippen LogP contribution in [0.3, 0.4) is 0 Å². The molecule has 0 saturated carbocycles. The summed E-state index contributed by atoms with van der Waals surface area (Å²) in [6.07, 6.45) is 5.96. The van der Waals surface area contributed by atoms with Crippen LogP contribution >= 0.6 is 24.0 Å². The molecule has 1 saturated heterocycles. The van der Waals surface area contributed by atoms with Gasteiger partial charge in [0.05, 0.1) is 6.61 Å². The van der Waals surface area contributed by atoms with E-state index in [4.69, 9.17) is 9.73 Å². The van der Waals surface area contributed by atoms with Gasteiger partial charge in [-0.25, -0.2) is 0 Å². The van der Waals surface area contributed by atoms with Crippen molar-refractivity contribution in [3.05, 3.63) is 0 Å². The Morgan fingerprint density at radius 2 is 1.92 bits per heavy atom. The predicted molar refractivity (Wildman–Crippen MR) is 111 cm³/mol. The quantitative estimate of drug-likeness (QED) is 0.190. The highest BCUT2D eigenvalue weighted by Gasteiger charge is 2.30. The van der Waals surface area contributed by atoms with Gasteiger partial charge in [0.15, 0.2) is 5.96 Å². The lowest BCUT2D eigenvalue weighted by Gasteiger charge is -2.23. The third-order valence-corrected chi connectivity index (χ3v) is 4.17. The van der Waals surface area contributed by atoms with E-state index in [1.807, 2.05) is 6.92 Å². The first-order chi connectivity index (χ1) is 11.0. The summed E-state index contributed by atoms with van der Waals surface area (Å²) in [4.78, 5) is 18.4. The highest BCUT2D eigenvalue weighted by molar-refractivity contribution is 14.0. The number of halogens is 1. The molecule has 1 rings (SSSR count). The molecule has 1 heterocycles. The van der Waals surface area contributed by atoms with Gasteiger partial charge in [-0.1, -0.05) is 26.7 Å². The van der Waals surface area contributed by atoms with Gasteiger partial charge in [0.2, 0.25) is 0 Å². The van der Waals surface area contributed by atoms with Crippen LogP contribution < -0.4 is 5.32 Å². The Morgan fingerprint density at radius 3 is 2.50 bits per heavy atom. The van der Waals surface area contributed by atoms with Gasteiger partial charge in [-0.2, -0.15) is 0 Å². The lowest BCUT2D eigenvalue weighted by Crippen LogP contribution is -2.40. The number of hydrogen-bond acceptors (Lipinski definition) is 3. The SMILES string of the molecule is CCNC(=NCCCCCCC(=O)OCC)N1CCC(C)(C)C1.I. The van der Waals surface area contributed by atoms with Crippen LogP contribution in [0.15, 0.2) is 4.99 Å². The first-order valence-corrected chi connectivity index (χ1v) is 9.17. The summed E-state index contributed by atoms with van der Waals surface area (Å²) < 4.78 is 4.93. The molecule has 0 aromatic heterocycles. The highest BCUT2D eigenvalue weighted by atomic mass is 127. The fraction of sp³-hybridized carbons (Fsp3) is 0.889. The van der Waals surface area contributed by atoms with Gasteiger partial charge in [0, 0.05) is 32.6 Å². The number of aliphatic imine (C=N–C) groups is 1. The molecule has 0 aliphatic carbocycles. The normalized spacial score (nSPS) is 16.7. The fourth-order valence-electron chi connectivity index (χ4n) is 2.87. The number of nitrogens with one attached hydrogen (secondary N) is 1. The summed E-state index contributed by atoms with van der Waals surface area (Å²) >= 11 is 0. The van der Waals surface area contributed by atoms with Crippen LogP contribution in [0.1, 0.15) is 66.2 Å². The van der Waals surface area contributed by atoms with Crippen molar-refractivity contribution in [2.24, 2.45) is 10.4 Å². The largest absolute Gasteiger partial charge is 0.466 e. The van der Waals surface area contributed by atoms with Gasteiger partial charge in [-0.05, 0) is 38.5 Å². The zero-order valence-electron chi connectivity index (χ0n) is 15.9. The molecule has 0 aromatic carbocycles. The first-order valence-electron chi connectivity index (χ1n) is 9.17. The minimum Gasteiger partial charge on any atom is -0.466 e. The zero-order chi connectivity index (χ0) is 17.1. The highest BCUT2D eigenvalue weighted by Crippen LogP contribution is 2.28. The van der Waals surface area contributed by atoms with Crippen molar-refractivity contribution in [3.8, 4) is 0 Å². The van der Waals surface area contributed by atoms with Crippen LogP contribution in [0.4, 0.5) is 0 Å². The third kappa shape index (κ3) is 9.69. The van der Waals surface area contributed by atoms with Crippen molar-refractivity contribution in [1.29, 1.82) is 0 Å². The first kappa shape index (κ1) is 23.5. The van der Waals surface area contributed by atoms with Crippen molar-refractivity contribution < 1.29 is 9.53 Å². The predicted octanol–water partition coefficient (Wildman–Crippen LogP) is 3.82. The molecular weight excluding hydrogens is 417 g/mol. The number of guanidine groups is 1. The Kier molecular flexibility index (Phi) is 12.5. The molecule has 0 atom stereocenters. The van der Waals surface area contributed by atoms with Gasteiger partial charge in [0.25, 0.3) is 0 Å². The summed E-state index contributed by atoms with van der Waals surface area (Å²) in [6.45, 7) is 13.0. The van der Waals surface area contributed by atoms with Crippen molar-refractivity contribution in [2.75, 3.05) is 32.8 Å². The van der Waals surface area contributed by atoms with Crippen LogP contribution in [0, 0.1) is 5.41 Å². The number of nitrogens with zero attached hydrogens (tertiary/aromatic N) is 2. The molecule has 0 bridgehead atoms. The molecule has 1 fully saturated rings. The summed E-state index contributed by atoms with van der Waals surface area (Å²) in [5, 5.41) is 3.41. The lowest BCUT2D eigenvalue weighted by molar-refractivity contribution is -0.143. The molecule has 1 N–H and O–H groups in total. The van der Waals surface area contributed by atoms with E-state index in [0.717, 1.165) is 57.8 Å². The van der Waals surface area contributed by atoms with Crippen molar-refractivity contribution in [1.82, 2.24) is 10.2 Å². The van der Waals surface area contributed by atoms with Gasteiger partial charge in [-0.3, -0.25) is 9.79 Å². The lowest BCUT2D eigenvalue weighted by atomic mass is 9.93. The summed E-state index contributed by atoms with van der Waals surface area (Å²) in [5.41, 5.74) is 0.392. The molecule has 0 amide bonds. The molecule has 0 radical (unpaired) electrons. The molecule has 0 spiro atoms. The van der Waals surface area contributed by atoms with E-state index in [-0.39, 0.29) is 29.9 Å². The monoisotopic (exact) mass is 453 g/mol. The number of carbonyl (C=O) groups is 1. The standard InChI is InChI=1S/C18H35N3O2.HI/c1-5-19-17(21-14-12-18(3,4)15-21)20-13-10-8-7-9-11-16(22)23-6-2;/h5-15H2,1-4H3,(H,19,20);1H. The van der Waals surface area contributed by atoms with E-state index < -0.39 is 0 Å². The van der Waals surface area contributed by atoms with Crippen LogP contribution in [0.5, 0.6) is 0 Å². The Balaban J connectivity index is 0.00000529. The average molecular weight is 453 g/mol. The minimum absolute atomic E-state index is 0. The van der Waals surface area contributed by atoms with Crippen molar-refractivity contribution >= 4 is 35.9 Å². The molecule has 142 valence electrons. The Bertz CT molecular complexity index is 386. The van der Waals surface area contributed by atoms with Gasteiger partial charge >= 0.3 is 5.97 Å². The number of likely N-dealkylation sites (tertiary alicyclic amines) is 1. The molecule has 6 heteroatoms. The molecule has 1 aliphatic rings. The van der Waals surface area contributed by atoms with E-state index in [2.05, 4.69) is 31.0 Å². The van der Waals surface area contributed by atoms with E-state index in [9.17, 15) is 4.79 Å². The van der Waals surface area contributed by atoms with Crippen molar-refractivity contribution in [2.45, 2.75) is 66.2 Å². The molecule has 5 nitrogen and oxygen atoms in total. The number of unbranched alkanes of at least 4 members (excludes halogenated alkanes) is 3. The number of rotatable bonds is 9. The maximum atomic E-state index is 11.2. The summed E-state index contributed by atoms with van der Waals surface area (Å²) in [5.74, 6) is 0.987. The van der Waals surface area contributed by atoms with Crippen LogP contribution in [-0.4, -0.2) is 49.6 Å². The average Bonchev–Trinajstić information content (AvgIpc) is 2.85. The Morgan fingerprint density at radius 1 is 1.21 bits per heavy atom. The minimum atomic E-state index is -0.0726. The van der Waals surface area contributed by atoms with Gasteiger partial charge in [-0.15, -0.1) is 24.0 Å². The molecule has 0 aromatic rings. The number of hydrogen-bond donors (Lipinski definition) is 1. The molecule has 24 heavy (non-hydrogen) atoms. The van der Waals surface area contributed by atoms with Gasteiger partial charge < -0.3 is 15.0 Å². The van der Waals surface area contributed by atoms with Crippen LogP contribution in [0.25, 0.3) is 0 Å². The fourth-order valence-corrected chi connectivity index (χ4v) is 2.87. The van der Waals surface area contributed by atoms with Crippen LogP contribution in [-0.2, 0) is 9.53 Å². The van der Waals surface area contributed by atoms with Crippen LogP contribution in [0.2, 0.25) is 0 Å². The maximum Gasteiger partial charge on any atom is 0.305 e. The second kappa shape index (κ2) is 12.8. The number of ether oxygens (including phenoxy) is 1. The topological polar surface area (TPSA) is 53.9 Å².